The molecule has 3 heteroatoms. The summed E-state index contributed by atoms with van der Waals surface area (Å²) in [6.07, 6.45) is 2.86. The normalized spacial score (nSPS) is 17.9. The van der Waals surface area contributed by atoms with E-state index in [1.165, 1.54) is 0 Å². The van der Waals surface area contributed by atoms with Crippen molar-refractivity contribution in [3.8, 4) is 0 Å². The maximum Gasteiger partial charge on any atom is 0.0821 e. The van der Waals surface area contributed by atoms with Crippen LogP contribution in [-0.2, 0) is 0 Å². The number of hydrogen-bond donors (Lipinski definition) is 2. The molecule has 0 heterocycles. The van der Waals surface area contributed by atoms with Crippen molar-refractivity contribution in [3.05, 3.63) is 30.3 Å². The standard InChI is InChI=1S/C13H19NO2/c15-10-9-14(11-13(16)7-4-8-13)12-5-2-1-3-6-12/h1-3,5-6,15-16H,4,7-11H2. The van der Waals surface area contributed by atoms with E-state index in [9.17, 15) is 5.11 Å². The van der Waals surface area contributed by atoms with Gasteiger partial charge in [-0.1, -0.05) is 18.2 Å². The Balaban J connectivity index is 2.05. The number of rotatable bonds is 5. The highest BCUT2D eigenvalue weighted by Gasteiger charge is 2.36. The van der Waals surface area contributed by atoms with Crippen LogP contribution in [0.2, 0.25) is 0 Å². The van der Waals surface area contributed by atoms with Crippen LogP contribution in [0.3, 0.4) is 0 Å². The van der Waals surface area contributed by atoms with Gasteiger partial charge in [-0.25, -0.2) is 0 Å². The number of aliphatic hydroxyl groups excluding tert-OH is 1. The van der Waals surface area contributed by atoms with E-state index in [2.05, 4.69) is 4.90 Å². The highest BCUT2D eigenvalue weighted by Crippen LogP contribution is 2.33. The van der Waals surface area contributed by atoms with E-state index < -0.39 is 5.60 Å². The van der Waals surface area contributed by atoms with Gasteiger partial charge in [0.1, 0.15) is 0 Å². The number of para-hydroxylation sites is 1. The van der Waals surface area contributed by atoms with Crippen LogP contribution < -0.4 is 4.90 Å². The van der Waals surface area contributed by atoms with Crippen LogP contribution >= 0.6 is 0 Å². The molecule has 3 nitrogen and oxygen atoms in total. The maximum atomic E-state index is 10.1. The average molecular weight is 221 g/mol. The van der Waals surface area contributed by atoms with E-state index in [1.54, 1.807) is 0 Å². The molecule has 0 radical (unpaired) electrons. The molecule has 1 saturated carbocycles. The van der Waals surface area contributed by atoms with Gasteiger partial charge < -0.3 is 15.1 Å². The molecule has 1 aliphatic rings. The molecule has 0 spiro atoms. The summed E-state index contributed by atoms with van der Waals surface area (Å²) in [6, 6.07) is 9.95. The SMILES string of the molecule is OCCN(CC1(O)CCC1)c1ccccc1. The van der Waals surface area contributed by atoms with E-state index in [4.69, 9.17) is 5.11 Å². The predicted molar refractivity (Wildman–Crippen MR) is 64.5 cm³/mol. The molecule has 0 saturated heterocycles. The summed E-state index contributed by atoms with van der Waals surface area (Å²) in [6.45, 7) is 1.31. The van der Waals surface area contributed by atoms with Crippen molar-refractivity contribution in [2.75, 3.05) is 24.6 Å². The molecular formula is C13H19NO2. The Hall–Kier alpha value is -1.06. The van der Waals surface area contributed by atoms with Gasteiger partial charge in [0.15, 0.2) is 0 Å². The first kappa shape index (κ1) is 11.4. The molecule has 0 amide bonds. The van der Waals surface area contributed by atoms with Crippen LogP contribution in [0.1, 0.15) is 19.3 Å². The Morgan fingerprint density at radius 3 is 2.38 bits per heavy atom. The Bertz CT molecular complexity index is 322. The van der Waals surface area contributed by atoms with E-state index in [0.29, 0.717) is 13.1 Å². The van der Waals surface area contributed by atoms with Crippen molar-refractivity contribution in [2.45, 2.75) is 24.9 Å². The summed E-state index contributed by atoms with van der Waals surface area (Å²) in [5, 5.41) is 19.2. The smallest absolute Gasteiger partial charge is 0.0821 e. The van der Waals surface area contributed by atoms with Gasteiger partial charge in [0, 0.05) is 18.8 Å². The molecular weight excluding hydrogens is 202 g/mol. The van der Waals surface area contributed by atoms with Gasteiger partial charge in [0.05, 0.1) is 12.2 Å². The van der Waals surface area contributed by atoms with Crippen LogP contribution in [0.4, 0.5) is 5.69 Å². The minimum absolute atomic E-state index is 0.116. The quantitative estimate of drug-likeness (QED) is 0.790. The molecule has 2 rings (SSSR count). The van der Waals surface area contributed by atoms with Crippen LogP contribution in [0.5, 0.6) is 0 Å². The average Bonchev–Trinajstić information content (AvgIpc) is 2.27. The van der Waals surface area contributed by atoms with Crippen LogP contribution in [0, 0.1) is 0 Å². The summed E-state index contributed by atoms with van der Waals surface area (Å²) in [5.41, 5.74) is 0.530. The number of aliphatic hydroxyl groups is 2. The lowest BCUT2D eigenvalue weighted by atomic mass is 9.80. The molecule has 1 aromatic rings. The fourth-order valence-electron chi connectivity index (χ4n) is 2.16. The minimum atomic E-state index is -0.537. The van der Waals surface area contributed by atoms with Gasteiger partial charge in [0.25, 0.3) is 0 Å². The molecule has 0 atom stereocenters. The number of nitrogens with zero attached hydrogens (tertiary/aromatic N) is 1. The Kier molecular flexibility index (Phi) is 3.46. The van der Waals surface area contributed by atoms with E-state index in [-0.39, 0.29) is 6.61 Å². The third-order valence-electron chi connectivity index (χ3n) is 3.26. The lowest BCUT2D eigenvalue weighted by Gasteiger charge is -2.41. The molecule has 1 aliphatic carbocycles. The highest BCUT2D eigenvalue weighted by molar-refractivity contribution is 5.46. The van der Waals surface area contributed by atoms with E-state index in [1.807, 2.05) is 30.3 Å². The molecule has 0 bridgehead atoms. The van der Waals surface area contributed by atoms with Crippen molar-refractivity contribution < 1.29 is 10.2 Å². The first-order valence-electron chi connectivity index (χ1n) is 5.87. The Morgan fingerprint density at radius 1 is 1.19 bits per heavy atom. The van der Waals surface area contributed by atoms with Gasteiger partial charge in [-0.05, 0) is 31.4 Å². The van der Waals surface area contributed by atoms with Crippen LogP contribution in [0.15, 0.2) is 30.3 Å². The Morgan fingerprint density at radius 2 is 1.88 bits per heavy atom. The molecule has 1 aromatic carbocycles. The second-order valence-corrected chi connectivity index (χ2v) is 4.56. The zero-order chi connectivity index (χ0) is 11.4. The van der Waals surface area contributed by atoms with E-state index in [0.717, 1.165) is 24.9 Å². The predicted octanol–water partition coefficient (Wildman–Crippen LogP) is 1.40. The first-order valence-corrected chi connectivity index (χ1v) is 5.87. The number of benzene rings is 1. The molecule has 0 aliphatic heterocycles. The van der Waals surface area contributed by atoms with Crippen molar-refractivity contribution in [3.63, 3.8) is 0 Å². The van der Waals surface area contributed by atoms with Gasteiger partial charge in [-0.2, -0.15) is 0 Å². The van der Waals surface area contributed by atoms with Crippen molar-refractivity contribution in [1.82, 2.24) is 0 Å². The monoisotopic (exact) mass is 221 g/mol. The maximum absolute atomic E-state index is 10.1. The summed E-state index contributed by atoms with van der Waals surface area (Å²) in [5.74, 6) is 0. The van der Waals surface area contributed by atoms with Gasteiger partial charge >= 0.3 is 0 Å². The number of anilines is 1. The Labute approximate surface area is 96.3 Å². The summed E-state index contributed by atoms with van der Waals surface area (Å²) < 4.78 is 0. The van der Waals surface area contributed by atoms with Crippen LogP contribution in [-0.4, -0.2) is 35.5 Å². The fraction of sp³-hybridized carbons (Fsp3) is 0.538. The fourth-order valence-corrected chi connectivity index (χ4v) is 2.16. The topological polar surface area (TPSA) is 43.7 Å². The molecule has 2 N–H and O–H groups in total. The van der Waals surface area contributed by atoms with Gasteiger partial charge in [-0.3, -0.25) is 0 Å². The second-order valence-electron chi connectivity index (χ2n) is 4.56. The summed E-state index contributed by atoms with van der Waals surface area (Å²) >= 11 is 0. The second kappa shape index (κ2) is 4.85. The third-order valence-corrected chi connectivity index (χ3v) is 3.26. The first-order chi connectivity index (χ1) is 7.73. The molecule has 88 valence electrons. The summed E-state index contributed by atoms with van der Waals surface area (Å²) in [4.78, 5) is 2.05. The van der Waals surface area contributed by atoms with Crippen molar-refractivity contribution in [1.29, 1.82) is 0 Å². The largest absolute Gasteiger partial charge is 0.395 e. The van der Waals surface area contributed by atoms with Gasteiger partial charge in [0.2, 0.25) is 0 Å². The van der Waals surface area contributed by atoms with Crippen molar-refractivity contribution in [2.24, 2.45) is 0 Å². The zero-order valence-corrected chi connectivity index (χ0v) is 9.47. The van der Waals surface area contributed by atoms with Crippen molar-refractivity contribution >= 4 is 5.69 Å². The highest BCUT2D eigenvalue weighted by atomic mass is 16.3. The number of hydrogen-bond acceptors (Lipinski definition) is 3. The lowest BCUT2D eigenvalue weighted by molar-refractivity contribution is -0.0258. The summed E-state index contributed by atoms with van der Waals surface area (Å²) in [7, 11) is 0. The third kappa shape index (κ3) is 2.54. The van der Waals surface area contributed by atoms with Gasteiger partial charge in [-0.15, -0.1) is 0 Å². The molecule has 0 aromatic heterocycles. The molecule has 1 fully saturated rings. The minimum Gasteiger partial charge on any atom is -0.395 e. The lowest BCUT2D eigenvalue weighted by Crippen LogP contribution is -2.48. The van der Waals surface area contributed by atoms with Crippen LogP contribution in [0.25, 0.3) is 0 Å². The molecule has 0 unspecified atom stereocenters. The van der Waals surface area contributed by atoms with E-state index >= 15 is 0 Å². The zero-order valence-electron chi connectivity index (χ0n) is 9.47. The molecule has 16 heavy (non-hydrogen) atoms.